The molecule has 0 atom stereocenters. The number of rotatable bonds is 5. The average Bonchev–Trinajstić information content (AvgIpc) is 3.87. The molecule has 11 rings (SSSR count). The highest BCUT2D eigenvalue weighted by molar-refractivity contribution is 6.62. The second kappa shape index (κ2) is 15.0. The Hall–Kier alpha value is -6.37. The van der Waals surface area contributed by atoms with E-state index in [-0.39, 0.29) is 18.3 Å². The van der Waals surface area contributed by atoms with Crippen molar-refractivity contribution >= 4 is 67.8 Å². The molecular weight excluding hydrogens is 755 g/mol. The molecule has 10 aromatic rings. The summed E-state index contributed by atoms with van der Waals surface area (Å²) in [6.07, 6.45) is 0. The molecule has 2 aromatic heterocycles. The highest BCUT2D eigenvalue weighted by Gasteiger charge is 2.51. The first kappa shape index (κ1) is 37.9. The molecule has 3 heterocycles. The lowest BCUT2D eigenvalue weighted by Gasteiger charge is -2.32. The predicted octanol–water partition coefficient (Wildman–Crippen LogP) is 13.9. The summed E-state index contributed by atoms with van der Waals surface area (Å²) in [6, 6.07) is 68.3. The SMILES string of the molecule is CC1(C)OB(c2ccc(-c3ccc4c(c3)c3ccccc3n4-c3ccccc3)cc2)OC1(C)C.Clc1ccc(-c2ccc3c(c2)c2ccccc2n3-c2ccccc2)cc1. The fraction of sp³-hybridized carbons (Fsp3) is 0.111. The zero-order valence-corrected chi connectivity index (χ0v) is 34.9. The maximum Gasteiger partial charge on any atom is 0.494 e. The van der Waals surface area contributed by atoms with E-state index in [1.807, 2.05) is 12.1 Å². The summed E-state index contributed by atoms with van der Waals surface area (Å²) in [5, 5.41) is 5.80. The van der Waals surface area contributed by atoms with Crippen LogP contribution in [0.25, 0.3) is 77.2 Å². The molecule has 1 saturated heterocycles. The predicted molar refractivity (Wildman–Crippen MR) is 253 cm³/mol. The maximum atomic E-state index is 6.22. The number of halogens is 1. The van der Waals surface area contributed by atoms with Crippen molar-refractivity contribution in [1.82, 2.24) is 9.13 Å². The number of para-hydroxylation sites is 4. The van der Waals surface area contributed by atoms with Gasteiger partial charge in [0.1, 0.15) is 0 Å². The van der Waals surface area contributed by atoms with Gasteiger partial charge in [0.25, 0.3) is 0 Å². The normalized spacial score (nSPS) is 14.5. The first-order valence-corrected chi connectivity index (χ1v) is 20.9. The Labute approximate surface area is 356 Å². The van der Waals surface area contributed by atoms with Crippen molar-refractivity contribution < 1.29 is 9.31 Å². The van der Waals surface area contributed by atoms with Gasteiger partial charge < -0.3 is 18.4 Å². The molecule has 292 valence electrons. The Kier molecular flexibility index (Phi) is 9.49. The number of benzene rings is 8. The lowest BCUT2D eigenvalue weighted by molar-refractivity contribution is 0.00578. The van der Waals surface area contributed by atoms with Crippen molar-refractivity contribution in [3.63, 3.8) is 0 Å². The molecule has 0 bridgehead atoms. The number of fused-ring (bicyclic) bond motifs is 6. The standard InChI is InChI=1S/C30H28BNO2.C24H16ClN/c1-29(2)30(3,4)34-31(33-29)23-17-14-21(15-18-23)22-16-19-28-26(20-22)25-12-8-9-13-27(25)32(28)24-10-6-5-7-11-24;25-19-13-10-17(11-14-19)18-12-15-24-22(16-18)21-8-4-5-9-23(21)26(24)20-6-2-1-3-7-20/h5-20H,1-4H3;1-16H. The fourth-order valence-corrected chi connectivity index (χ4v) is 8.60. The van der Waals surface area contributed by atoms with Crippen LogP contribution in [0.4, 0.5) is 0 Å². The van der Waals surface area contributed by atoms with Crippen LogP contribution < -0.4 is 5.46 Å². The summed E-state index contributed by atoms with van der Waals surface area (Å²) in [7, 11) is -0.342. The van der Waals surface area contributed by atoms with Crippen LogP contribution in [0, 0.1) is 0 Å². The minimum atomic E-state index is -0.342. The largest absolute Gasteiger partial charge is 0.494 e. The molecule has 4 nitrogen and oxygen atoms in total. The average molecular weight is 799 g/mol. The van der Waals surface area contributed by atoms with Gasteiger partial charge in [0, 0.05) is 37.9 Å². The molecule has 8 aromatic carbocycles. The van der Waals surface area contributed by atoms with Gasteiger partial charge in [-0.2, -0.15) is 0 Å². The van der Waals surface area contributed by atoms with Gasteiger partial charge in [-0.05, 0) is 128 Å². The second-order valence-corrected chi connectivity index (χ2v) is 17.0. The first-order valence-electron chi connectivity index (χ1n) is 20.5. The summed E-state index contributed by atoms with van der Waals surface area (Å²) < 4.78 is 17.1. The number of aromatic nitrogens is 2. The van der Waals surface area contributed by atoms with Crippen LogP contribution in [0.15, 0.2) is 194 Å². The number of hydrogen-bond acceptors (Lipinski definition) is 2. The third kappa shape index (κ3) is 6.69. The molecule has 0 aliphatic carbocycles. The molecule has 0 spiro atoms. The molecule has 0 unspecified atom stereocenters. The quantitative estimate of drug-likeness (QED) is 0.162. The number of nitrogens with zero attached hydrogens (tertiary/aromatic N) is 2. The molecule has 1 aliphatic rings. The third-order valence-electron chi connectivity index (χ3n) is 12.3. The molecule has 0 saturated carbocycles. The Morgan fingerprint density at radius 1 is 0.383 bits per heavy atom. The lowest BCUT2D eigenvalue weighted by Crippen LogP contribution is -2.41. The Bertz CT molecular complexity index is 3140. The van der Waals surface area contributed by atoms with Crippen molar-refractivity contribution in [2.75, 3.05) is 0 Å². The van der Waals surface area contributed by atoms with E-state index >= 15 is 0 Å². The topological polar surface area (TPSA) is 28.3 Å². The molecular formula is C54H44BClN2O2. The van der Waals surface area contributed by atoms with Crippen molar-refractivity contribution in [3.05, 3.63) is 199 Å². The summed E-state index contributed by atoms with van der Waals surface area (Å²) in [5.74, 6) is 0. The van der Waals surface area contributed by atoms with Gasteiger partial charge in [0.05, 0.1) is 33.3 Å². The van der Waals surface area contributed by atoms with Crippen LogP contribution in [0.2, 0.25) is 5.02 Å². The monoisotopic (exact) mass is 798 g/mol. The van der Waals surface area contributed by atoms with E-state index in [0.29, 0.717) is 0 Å². The van der Waals surface area contributed by atoms with E-state index in [9.17, 15) is 0 Å². The van der Waals surface area contributed by atoms with Gasteiger partial charge >= 0.3 is 7.12 Å². The van der Waals surface area contributed by atoms with Crippen molar-refractivity contribution in [3.8, 4) is 33.6 Å². The van der Waals surface area contributed by atoms with E-state index < -0.39 is 0 Å². The van der Waals surface area contributed by atoms with E-state index in [1.54, 1.807) is 0 Å². The van der Waals surface area contributed by atoms with Crippen LogP contribution in [-0.2, 0) is 9.31 Å². The van der Waals surface area contributed by atoms with Crippen LogP contribution in [0.5, 0.6) is 0 Å². The van der Waals surface area contributed by atoms with Gasteiger partial charge in [-0.15, -0.1) is 0 Å². The summed E-state index contributed by atoms with van der Waals surface area (Å²) in [5.41, 5.74) is 12.3. The molecule has 0 radical (unpaired) electrons. The van der Waals surface area contributed by atoms with Crippen LogP contribution in [0.3, 0.4) is 0 Å². The zero-order chi connectivity index (χ0) is 41.0. The molecule has 0 amide bonds. The van der Waals surface area contributed by atoms with Crippen molar-refractivity contribution in [1.29, 1.82) is 0 Å². The van der Waals surface area contributed by atoms with Gasteiger partial charge in [0.2, 0.25) is 0 Å². The fourth-order valence-electron chi connectivity index (χ4n) is 8.47. The second-order valence-electron chi connectivity index (χ2n) is 16.6. The summed E-state index contributed by atoms with van der Waals surface area (Å²) in [6.45, 7) is 8.34. The van der Waals surface area contributed by atoms with Gasteiger partial charge in [-0.3, -0.25) is 0 Å². The molecule has 60 heavy (non-hydrogen) atoms. The van der Waals surface area contributed by atoms with Crippen LogP contribution in [-0.4, -0.2) is 27.5 Å². The molecule has 6 heteroatoms. The van der Waals surface area contributed by atoms with Crippen LogP contribution in [0.1, 0.15) is 27.7 Å². The summed E-state index contributed by atoms with van der Waals surface area (Å²) in [4.78, 5) is 0. The van der Waals surface area contributed by atoms with Gasteiger partial charge in [0.15, 0.2) is 0 Å². The maximum absolute atomic E-state index is 6.22. The minimum absolute atomic E-state index is 0.339. The van der Waals surface area contributed by atoms with Gasteiger partial charge in [-0.1, -0.05) is 133 Å². The Morgan fingerprint density at radius 2 is 0.750 bits per heavy atom. The first-order chi connectivity index (χ1) is 29.1. The zero-order valence-electron chi connectivity index (χ0n) is 34.1. The summed E-state index contributed by atoms with van der Waals surface area (Å²) >= 11 is 6.04. The van der Waals surface area contributed by atoms with E-state index in [4.69, 9.17) is 20.9 Å². The van der Waals surface area contributed by atoms with Crippen molar-refractivity contribution in [2.45, 2.75) is 38.9 Å². The Morgan fingerprint density at radius 3 is 1.20 bits per heavy atom. The van der Waals surface area contributed by atoms with Crippen molar-refractivity contribution in [2.24, 2.45) is 0 Å². The van der Waals surface area contributed by atoms with E-state index in [2.05, 4.69) is 219 Å². The van der Waals surface area contributed by atoms with Crippen LogP contribution >= 0.6 is 11.6 Å². The Balaban J connectivity index is 0.000000149. The lowest BCUT2D eigenvalue weighted by atomic mass is 9.78. The molecule has 1 fully saturated rings. The minimum Gasteiger partial charge on any atom is -0.399 e. The van der Waals surface area contributed by atoms with Gasteiger partial charge in [-0.25, -0.2) is 0 Å². The third-order valence-corrected chi connectivity index (χ3v) is 12.6. The smallest absolute Gasteiger partial charge is 0.399 e. The molecule has 1 aliphatic heterocycles. The number of hydrogen-bond donors (Lipinski definition) is 0. The van der Waals surface area contributed by atoms with E-state index in [1.165, 1.54) is 77.2 Å². The van der Waals surface area contributed by atoms with E-state index in [0.717, 1.165) is 10.5 Å². The molecule has 0 N–H and O–H groups in total. The highest BCUT2D eigenvalue weighted by Crippen LogP contribution is 2.38. The highest BCUT2D eigenvalue weighted by atomic mass is 35.5.